The summed E-state index contributed by atoms with van der Waals surface area (Å²) in [6.45, 7) is 1.77. The fourth-order valence-electron chi connectivity index (χ4n) is 1.92. The van der Waals surface area contributed by atoms with Crippen molar-refractivity contribution in [1.29, 1.82) is 0 Å². The van der Waals surface area contributed by atoms with Crippen molar-refractivity contribution in [2.45, 2.75) is 20.0 Å². The van der Waals surface area contributed by atoms with Crippen molar-refractivity contribution in [1.82, 2.24) is 15.5 Å². The molecule has 134 valence electrons. The third kappa shape index (κ3) is 7.00. The number of aromatic nitrogens is 2. The smallest absolute Gasteiger partial charge is 0.341 e. The first-order valence-electron chi connectivity index (χ1n) is 7.60. The van der Waals surface area contributed by atoms with Crippen LogP contribution in [0.1, 0.15) is 17.3 Å². The predicted octanol–water partition coefficient (Wildman–Crippen LogP) is 0.717. The molecule has 0 fully saturated rings. The van der Waals surface area contributed by atoms with E-state index < -0.39 is 5.97 Å². The Morgan fingerprint density at radius 1 is 1.24 bits per heavy atom. The van der Waals surface area contributed by atoms with Crippen molar-refractivity contribution >= 4 is 11.9 Å². The summed E-state index contributed by atoms with van der Waals surface area (Å²) in [6, 6.07) is 7.01. The van der Waals surface area contributed by atoms with Crippen LogP contribution in [0.25, 0.3) is 0 Å². The molecule has 25 heavy (non-hydrogen) atoms. The SMILES string of the molecule is Cc1noc(COCC(=O)NCCc2ccc(OCC(=O)O)cc2)n1. The van der Waals surface area contributed by atoms with E-state index in [4.69, 9.17) is 19.1 Å². The lowest BCUT2D eigenvalue weighted by molar-refractivity contribution is -0.139. The Balaban J connectivity index is 1.61. The Labute approximate surface area is 143 Å². The second kappa shape index (κ2) is 9.38. The minimum atomic E-state index is -1.02. The Morgan fingerprint density at radius 2 is 2.00 bits per heavy atom. The van der Waals surface area contributed by atoms with E-state index in [0.29, 0.717) is 30.4 Å². The number of nitrogens with one attached hydrogen (secondary N) is 1. The Morgan fingerprint density at radius 3 is 2.64 bits per heavy atom. The highest BCUT2D eigenvalue weighted by Crippen LogP contribution is 2.12. The quantitative estimate of drug-likeness (QED) is 0.643. The third-order valence-electron chi connectivity index (χ3n) is 3.05. The maximum atomic E-state index is 11.7. The molecule has 1 heterocycles. The lowest BCUT2D eigenvalue weighted by atomic mass is 10.1. The van der Waals surface area contributed by atoms with Crippen molar-refractivity contribution in [2.24, 2.45) is 0 Å². The summed E-state index contributed by atoms with van der Waals surface area (Å²) in [5.74, 6) is 0.0682. The highest BCUT2D eigenvalue weighted by molar-refractivity contribution is 5.77. The van der Waals surface area contributed by atoms with Crippen LogP contribution < -0.4 is 10.1 Å². The molecule has 0 saturated carbocycles. The molecule has 0 bridgehead atoms. The van der Waals surface area contributed by atoms with E-state index in [0.717, 1.165) is 5.56 Å². The van der Waals surface area contributed by atoms with Crippen LogP contribution in [0.5, 0.6) is 5.75 Å². The number of aliphatic carboxylic acids is 1. The van der Waals surface area contributed by atoms with Gasteiger partial charge in [-0.25, -0.2) is 4.79 Å². The first-order chi connectivity index (χ1) is 12.0. The average molecular weight is 349 g/mol. The highest BCUT2D eigenvalue weighted by atomic mass is 16.5. The van der Waals surface area contributed by atoms with Crippen LogP contribution in [0.15, 0.2) is 28.8 Å². The molecule has 2 rings (SSSR count). The summed E-state index contributed by atoms with van der Waals surface area (Å²) in [5, 5.41) is 14.9. The molecule has 0 spiro atoms. The van der Waals surface area contributed by atoms with Gasteiger partial charge in [0.15, 0.2) is 12.4 Å². The first-order valence-corrected chi connectivity index (χ1v) is 7.60. The molecule has 0 aliphatic heterocycles. The number of ether oxygens (including phenoxy) is 2. The lowest BCUT2D eigenvalue weighted by Gasteiger charge is -2.07. The second-order valence-electron chi connectivity index (χ2n) is 5.15. The fraction of sp³-hybridized carbons (Fsp3) is 0.375. The van der Waals surface area contributed by atoms with Gasteiger partial charge in [0, 0.05) is 6.54 Å². The Bertz CT molecular complexity index is 698. The topological polar surface area (TPSA) is 124 Å². The van der Waals surface area contributed by atoms with Crippen LogP contribution >= 0.6 is 0 Å². The maximum absolute atomic E-state index is 11.7. The largest absolute Gasteiger partial charge is 0.482 e. The van der Waals surface area contributed by atoms with Gasteiger partial charge in [0.05, 0.1) is 0 Å². The monoisotopic (exact) mass is 349 g/mol. The van der Waals surface area contributed by atoms with Crippen molar-refractivity contribution < 1.29 is 28.7 Å². The number of hydrogen-bond donors (Lipinski definition) is 2. The van der Waals surface area contributed by atoms with Crippen molar-refractivity contribution in [2.75, 3.05) is 19.8 Å². The molecule has 0 radical (unpaired) electrons. The van der Waals surface area contributed by atoms with Crippen LogP contribution in [0.4, 0.5) is 0 Å². The number of carbonyl (C=O) groups is 2. The average Bonchev–Trinajstić information content (AvgIpc) is 2.99. The van der Waals surface area contributed by atoms with Crippen LogP contribution in [0.2, 0.25) is 0 Å². The number of carboxylic acids is 1. The number of carboxylic acid groups (broad SMARTS) is 1. The van der Waals surface area contributed by atoms with E-state index in [2.05, 4.69) is 15.5 Å². The number of amides is 1. The summed E-state index contributed by atoms with van der Waals surface area (Å²) in [4.78, 5) is 26.0. The van der Waals surface area contributed by atoms with E-state index in [1.54, 1.807) is 19.1 Å². The molecule has 2 N–H and O–H groups in total. The second-order valence-corrected chi connectivity index (χ2v) is 5.15. The number of nitrogens with zero attached hydrogens (tertiary/aromatic N) is 2. The molecule has 0 saturated heterocycles. The molecule has 9 nitrogen and oxygen atoms in total. The summed E-state index contributed by atoms with van der Waals surface area (Å²) >= 11 is 0. The van der Waals surface area contributed by atoms with Gasteiger partial charge in [-0.15, -0.1) is 0 Å². The van der Waals surface area contributed by atoms with Gasteiger partial charge >= 0.3 is 5.97 Å². The summed E-state index contributed by atoms with van der Waals surface area (Å²) in [5.41, 5.74) is 0.991. The number of rotatable bonds is 10. The van der Waals surface area contributed by atoms with E-state index in [9.17, 15) is 9.59 Å². The summed E-state index contributed by atoms with van der Waals surface area (Å²) < 4.78 is 15.1. The van der Waals surface area contributed by atoms with E-state index in [1.807, 2.05) is 12.1 Å². The zero-order valence-electron chi connectivity index (χ0n) is 13.7. The lowest BCUT2D eigenvalue weighted by Crippen LogP contribution is -2.29. The van der Waals surface area contributed by atoms with Gasteiger partial charge in [0.2, 0.25) is 5.91 Å². The summed E-state index contributed by atoms with van der Waals surface area (Å²) in [7, 11) is 0. The zero-order valence-corrected chi connectivity index (χ0v) is 13.7. The molecule has 9 heteroatoms. The number of benzene rings is 1. The summed E-state index contributed by atoms with van der Waals surface area (Å²) in [6.07, 6.45) is 0.633. The maximum Gasteiger partial charge on any atom is 0.341 e. The van der Waals surface area contributed by atoms with Crippen molar-refractivity contribution in [3.8, 4) is 5.75 Å². The molecule has 0 aliphatic rings. The Hall–Kier alpha value is -2.94. The standard InChI is InChI=1S/C16H19N3O6/c1-11-18-15(25-19-11)9-23-8-14(20)17-7-6-12-2-4-13(5-3-12)24-10-16(21)22/h2-5H,6-10H2,1H3,(H,17,20)(H,21,22). The molecular formula is C16H19N3O6. The van der Waals surface area contributed by atoms with Crippen LogP contribution in [0, 0.1) is 6.92 Å². The Kier molecular flexibility index (Phi) is 6.90. The number of aryl methyl sites for hydroxylation is 1. The van der Waals surface area contributed by atoms with Gasteiger partial charge in [0.25, 0.3) is 5.89 Å². The van der Waals surface area contributed by atoms with Crippen LogP contribution in [0.3, 0.4) is 0 Å². The van der Waals surface area contributed by atoms with E-state index in [-0.39, 0.29) is 25.7 Å². The van der Waals surface area contributed by atoms with Gasteiger partial charge in [-0.1, -0.05) is 17.3 Å². The zero-order chi connectivity index (χ0) is 18.1. The molecule has 0 unspecified atom stereocenters. The van der Waals surface area contributed by atoms with Gasteiger partial charge in [0.1, 0.15) is 19.0 Å². The van der Waals surface area contributed by atoms with Gasteiger partial charge < -0.3 is 24.4 Å². The van der Waals surface area contributed by atoms with Crippen LogP contribution in [-0.2, 0) is 27.4 Å². The van der Waals surface area contributed by atoms with Gasteiger partial charge in [-0.2, -0.15) is 4.98 Å². The number of carbonyl (C=O) groups excluding carboxylic acids is 1. The van der Waals surface area contributed by atoms with Crippen molar-refractivity contribution in [3.05, 3.63) is 41.5 Å². The third-order valence-corrected chi connectivity index (χ3v) is 3.05. The fourth-order valence-corrected chi connectivity index (χ4v) is 1.92. The normalized spacial score (nSPS) is 10.4. The molecular weight excluding hydrogens is 330 g/mol. The predicted molar refractivity (Wildman–Crippen MR) is 85.0 cm³/mol. The molecule has 2 aromatic rings. The van der Waals surface area contributed by atoms with Crippen molar-refractivity contribution in [3.63, 3.8) is 0 Å². The van der Waals surface area contributed by atoms with Crippen LogP contribution in [-0.4, -0.2) is 46.9 Å². The van der Waals surface area contributed by atoms with Gasteiger partial charge in [-0.05, 0) is 31.0 Å². The first kappa shape index (κ1) is 18.4. The van der Waals surface area contributed by atoms with E-state index in [1.165, 1.54) is 0 Å². The molecule has 0 atom stereocenters. The molecule has 0 aliphatic carbocycles. The van der Waals surface area contributed by atoms with Gasteiger partial charge in [-0.3, -0.25) is 4.79 Å². The minimum absolute atomic E-state index is 0.0894. The van der Waals surface area contributed by atoms with E-state index >= 15 is 0 Å². The number of hydrogen-bond acceptors (Lipinski definition) is 7. The molecule has 1 aromatic heterocycles. The molecule has 1 aromatic carbocycles. The highest BCUT2D eigenvalue weighted by Gasteiger charge is 2.06. The minimum Gasteiger partial charge on any atom is -0.482 e. The molecule has 1 amide bonds.